The van der Waals surface area contributed by atoms with Gasteiger partial charge in [0.1, 0.15) is 0 Å². The molecule has 1 aliphatic heterocycles. The number of nitrogens with zero attached hydrogens (tertiary/aromatic N) is 1. The lowest BCUT2D eigenvalue weighted by atomic mass is 9.95. The van der Waals surface area contributed by atoms with Crippen molar-refractivity contribution in [1.29, 1.82) is 0 Å². The molecule has 0 spiro atoms. The summed E-state index contributed by atoms with van der Waals surface area (Å²) in [4.78, 5) is 4.14. The Morgan fingerprint density at radius 1 is 1.08 bits per heavy atom. The summed E-state index contributed by atoms with van der Waals surface area (Å²) in [6.45, 7) is 16.1. The zero-order chi connectivity index (χ0) is 16.2. The van der Waals surface area contributed by atoms with E-state index in [1.54, 1.807) is 0 Å². The van der Waals surface area contributed by atoms with Crippen LogP contribution in [0.5, 0.6) is 0 Å². The van der Waals surface area contributed by atoms with Gasteiger partial charge in [0.15, 0.2) is 0 Å². The van der Waals surface area contributed by atoms with Crippen molar-refractivity contribution in [2.24, 2.45) is 5.92 Å². The molecule has 1 heterocycles. The Hall–Kier alpha value is 0.0700. The zero-order valence-electron chi connectivity index (χ0n) is 15.7. The van der Waals surface area contributed by atoms with Gasteiger partial charge in [0.25, 0.3) is 0 Å². The highest BCUT2D eigenvalue weighted by atomic mass is 35.5. The average Bonchev–Trinajstić information content (AvgIpc) is 2.45. The first kappa shape index (κ1) is 24.1. The highest BCUT2D eigenvalue weighted by molar-refractivity contribution is 8.00. The van der Waals surface area contributed by atoms with Gasteiger partial charge in [-0.15, -0.1) is 36.6 Å². The predicted molar refractivity (Wildman–Crippen MR) is 113 cm³/mol. The molecule has 24 heavy (non-hydrogen) atoms. The number of benzene rings is 1. The average molecular weight is 393 g/mol. The molecule has 5 heteroatoms. The molecule has 1 fully saturated rings. The maximum Gasteiger partial charge on any atom is 0.0362 e. The SMILES string of the molecule is CC(C)C[C@H](c1ccccc1SC(C)(C)C)N1CCNCC1.Cl.Cl. The third kappa shape index (κ3) is 7.53. The van der Waals surface area contributed by atoms with Crippen molar-refractivity contribution in [3.05, 3.63) is 29.8 Å². The predicted octanol–water partition coefficient (Wildman–Crippen LogP) is 5.41. The molecule has 0 unspecified atom stereocenters. The van der Waals surface area contributed by atoms with E-state index in [2.05, 4.69) is 69.1 Å². The van der Waals surface area contributed by atoms with Gasteiger partial charge >= 0.3 is 0 Å². The normalized spacial score (nSPS) is 17.1. The van der Waals surface area contributed by atoms with Crippen LogP contribution in [0.4, 0.5) is 0 Å². The number of thioether (sulfide) groups is 1. The standard InChI is InChI=1S/C19H32N2S.2ClH/c1-15(2)14-17(21-12-10-20-11-13-21)16-8-6-7-9-18(16)22-19(3,4)5;;/h6-9,15,17,20H,10-14H2,1-5H3;2*1H/t17-;;/m1../s1. The lowest BCUT2D eigenvalue weighted by molar-refractivity contribution is 0.152. The minimum atomic E-state index is 0. The van der Waals surface area contributed by atoms with E-state index < -0.39 is 0 Å². The van der Waals surface area contributed by atoms with E-state index in [9.17, 15) is 0 Å². The molecule has 1 atom stereocenters. The third-order valence-corrected chi connectivity index (χ3v) is 5.19. The zero-order valence-corrected chi connectivity index (χ0v) is 18.1. The first-order valence-corrected chi connectivity index (χ1v) is 9.41. The van der Waals surface area contributed by atoms with Gasteiger partial charge in [-0.1, -0.05) is 52.8 Å². The summed E-state index contributed by atoms with van der Waals surface area (Å²) in [6, 6.07) is 9.59. The molecule has 2 nitrogen and oxygen atoms in total. The van der Waals surface area contributed by atoms with E-state index in [-0.39, 0.29) is 29.6 Å². The van der Waals surface area contributed by atoms with Crippen LogP contribution >= 0.6 is 36.6 Å². The third-order valence-electron chi connectivity index (χ3n) is 3.98. The summed E-state index contributed by atoms with van der Waals surface area (Å²) in [6.07, 6.45) is 1.24. The summed E-state index contributed by atoms with van der Waals surface area (Å²) < 4.78 is 0.252. The molecule has 1 saturated heterocycles. The Balaban J connectivity index is 0.00000264. The van der Waals surface area contributed by atoms with Crippen LogP contribution in [0.15, 0.2) is 29.2 Å². The monoisotopic (exact) mass is 392 g/mol. The van der Waals surface area contributed by atoms with Gasteiger partial charge in [-0.05, 0) is 24.0 Å². The number of hydrogen-bond acceptors (Lipinski definition) is 3. The van der Waals surface area contributed by atoms with Crippen molar-refractivity contribution >= 4 is 36.6 Å². The van der Waals surface area contributed by atoms with Gasteiger partial charge < -0.3 is 5.32 Å². The minimum Gasteiger partial charge on any atom is -0.314 e. The summed E-state index contributed by atoms with van der Waals surface area (Å²) >= 11 is 2.00. The highest BCUT2D eigenvalue weighted by Gasteiger charge is 2.26. The van der Waals surface area contributed by atoms with E-state index in [1.165, 1.54) is 16.9 Å². The molecule has 1 aromatic rings. The number of piperazine rings is 1. The Kier molecular flexibility index (Phi) is 11.0. The van der Waals surface area contributed by atoms with Crippen LogP contribution in [0.3, 0.4) is 0 Å². The molecule has 140 valence electrons. The fraction of sp³-hybridized carbons (Fsp3) is 0.684. The van der Waals surface area contributed by atoms with Gasteiger partial charge in [-0.3, -0.25) is 4.90 Å². The van der Waals surface area contributed by atoms with E-state index in [1.807, 2.05) is 11.8 Å². The van der Waals surface area contributed by atoms with Crippen molar-refractivity contribution in [3.8, 4) is 0 Å². The lowest BCUT2D eigenvalue weighted by Crippen LogP contribution is -2.45. The first-order chi connectivity index (χ1) is 10.4. The number of nitrogens with one attached hydrogen (secondary N) is 1. The fourth-order valence-corrected chi connectivity index (χ4v) is 4.22. The number of hydrogen-bond donors (Lipinski definition) is 1. The van der Waals surface area contributed by atoms with Gasteiger partial charge in [0.2, 0.25) is 0 Å². The maximum atomic E-state index is 3.48. The smallest absolute Gasteiger partial charge is 0.0362 e. The summed E-state index contributed by atoms with van der Waals surface area (Å²) in [5.41, 5.74) is 1.53. The Labute approximate surface area is 165 Å². The van der Waals surface area contributed by atoms with Crippen LogP contribution in [0, 0.1) is 5.92 Å². The highest BCUT2D eigenvalue weighted by Crippen LogP contribution is 2.39. The van der Waals surface area contributed by atoms with Crippen LogP contribution in [0.1, 0.15) is 52.6 Å². The second-order valence-corrected chi connectivity index (χ2v) is 9.55. The molecule has 0 radical (unpaired) electrons. The summed E-state index contributed by atoms with van der Waals surface area (Å²) in [5, 5.41) is 3.48. The Bertz CT molecular complexity index is 469. The fourth-order valence-electron chi connectivity index (χ4n) is 3.09. The van der Waals surface area contributed by atoms with Crippen molar-refractivity contribution in [2.45, 2.75) is 56.7 Å². The van der Waals surface area contributed by atoms with E-state index in [0.717, 1.165) is 26.2 Å². The molecular formula is C19H34Cl2N2S. The minimum absolute atomic E-state index is 0. The Morgan fingerprint density at radius 2 is 1.67 bits per heavy atom. The molecule has 0 saturated carbocycles. The topological polar surface area (TPSA) is 15.3 Å². The van der Waals surface area contributed by atoms with Crippen molar-refractivity contribution in [2.75, 3.05) is 26.2 Å². The van der Waals surface area contributed by atoms with Crippen LogP contribution in [0.25, 0.3) is 0 Å². The number of rotatable bonds is 5. The largest absolute Gasteiger partial charge is 0.314 e. The number of halogens is 2. The molecule has 0 amide bonds. The van der Waals surface area contributed by atoms with Crippen LogP contribution in [0.2, 0.25) is 0 Å². The second-order valence-electron chi connectivity index (χ2n) is 7.68. The molecule has 2 rings (SSSR count). The second kappa shape index (κ2) is 10.9. The molecule has 0 bridgehead atoms. The van der Waals surface area contributed by atoms with Crippen molar-refractivity contribution in [1.82, 2.24) is 10.2 Å². The summed E-state index contributed by atoms with van der Waals surface area (Å²) in [7, 11) is 0. The van der Waals surface area contributed by atoms with E-state index in [0.29, 0.717) is 12.0 Å². The molecule has 0 aliphatic carbocycles. The van der Waals surface area contributed by atoms with E-state index in [4.69, 9.17) is 0 Å². The maximum absolute atomic E-state index is 3.48. The quantitative estimate of drug-likeness (QED) is 0.673. The van der Waals surface area contributed by atoms with Crippen LogP contribution in [-0.2, 0) is 0 Å². The molecule has 0 aromatic heterocycles. The van der Waals surface area contributed by atoms with Gasteiger partial charge in [-0.25, -0.2) is 0 Å². The van der Waals surface area contributed by atoms with Gasteiger partial charge in [0.05, 0.1) is 0 Å². The van der Waals surface area contributed by atoms with Gasteiger partial charge in [-0.2, -0.15) is 0 Å². The van der Waals surface area contributed by atoms with E-state index >= 15 is 0 Å². The first-order valence-electron chi connectivity index (χ1n) is 8.59. The summed E-state index contributed by atoms with van der Waals surface area (Å²) in [5.74, 6) is 0.715. The lowest BCUT2D eigenvalue weighted by Gasteiger charge is -2.37. The Morgan fingerprint density at radius 3 is 2.21 bits per heavy atom. The van der Waals surface area contributed by atoms with Gasteiger partial charge in [0, 0.05) is 41.9 Å². The van der Waals surface area contributed by atoms with Crippen LogP contribution < -0.4 is 5.32 Å². The molecule has 1 aliphatic rings. The molecule has 1 aromatic carbocycles. The van der Waals surface area contributed by atoms with Crippen LogP contribution in [-0.4, -0.2) is 35.8 Å². The molecule has 1 N–H and O–H groups in total. The van der Waals surface area contributed by atoms with Crippen molar-refractivity contribution in [3.63, 3.8) is 0 Å². The molecular weight excluding hydrogens is 359 g/mol. The van der Waals surface area contributed by atoms with Crippen molar-refractivity contribution < 1.29 is 0 Å².